The molecule has 1 aliphatic rings. The van der Waals surface area contributed by atoms with Gasteiger partial charge in [0, 0.05) is 31.6 Å². The van der Waals surface area contributed by atoms with Crippen molar-refractivity contribution in [3.05, 3.63) is 98.8 Å². The lowest BCUT2D eigenvalue weighted by atomic mass is 10.2. The Kier molecular flexibility index (Phi) is 6.74. The average molecular weight is 471 g/mol. The Morgan fingerprint density at radius 2 is 1.56 bits per heavy atom. The van der Waals surface area contributed by atoms with Gasteiger partial charge in [0.25, 0.3) is 5.56 Å². The van der Waals surface area contributed by atoms with Crippen LogP contribution in [0.15, 0.2) is 77.1 Å². The molecule has 1 aromatic heterocycles. The van der Waals surface area contributed by atoms with Gasteiger partial charge in [-0.1, -0.05) is 72.3 Å². The van der Waals surface area contributed by atoms with Crippen LogP contribution in [-0.2, 0) is 16.6 Å². The molecule has 3 aromatic rings. The second-order valence-corrected chi connectivity index (χ2v) is 9.63. The second-order valence-electron chi connectivity index (χ2n) is 7.44. The van der Waals surface area contributed by atoms with Crippen LogP contribution in [0.3, 0.4) is 0 Å². The number of rotatable bonds is 6. The summed E-state index contributed by atoms with van der Waals surface area (Å²) >= 11 is 6.38. The minimum absolute atomic E-state index is 0.0937. The highest BCUT2D eigenvalue weighted by Gasteiger charge is 2.27. The minimum atomic E-state index is -3.54. The predicted molar refractivity (Wildman–Crippen MR) is 127 cm³/mol. The van der Waals surface area contributed by atoms with Gasteiger partial charge in [0.1, 0.15) is 5.02 Å². The SMILES string of the molecule is O=c1c(Cl)c(N2CCN(S(=O)(=O)/C=C/c3ccccc3)CC2)cnn1Cc1ccccc1. The van der Waals surface area contributed by atoms with Crippen LogP contribution < -0.4 is 10.5 Å². The standard InChI is InChI=1S/C23H23ClN4O3S/c24-22-21(17-25-28(23(22)29)18-20-9-5-2-6-10-20)26-12-14-27(15-13-26)32(30,31)16-11-19-7-3-1-4-8-19/h1-11,16-17H,12-15,18H2/b16-11+. The number of aromatic nitrogens is 2. The fourth-order valence-corrected chi connectivity index (χ4v) is 4.98. The lowest BCUT2D eigenvalue weighted by molar-refractivity contribution is 0.389. The largest absolute Gasteiger partial charge is 0.366 e. The fourth-order valence-electron chi connectivity index (χ4n) is 3.54. The number of sulfonamides is 1. The van der Waals surface area contributed by atoms with Gasteiger partial charge in [0.15, 0.2) is 0 Å². The molecular weight excluding hydrogens is 448 g/mol. The van der Waals surface area contributed by atoms with Crippen LogP contribution in [0.2, 0.25) is 5.02 Å². The molecule has 166 valence electrons. The van der Waals surface area contributed by atoms with Gasteiger partial charge in [-0.25, -0.2) is 13.1 Å². The van der Waals surface area contributed by atoms with Gasteiger partial charge in [-0.15, -0.1) is 0 Å². The van der Waals surface area contributed by atoms with E-state index in [-0.39, 0.29) is 10.6 Å². The first-order valence-electron chi connectivity index (χ1n) is 10.2. The van der Waals surface area contributed by atoms with E-state index in [0.29, 0.717) is 38.4 Å². The summed E-state index contributed by atoms with van der Waals surface area (Å²) in [7, 11) is -3.54. The number of piperazine rings is 1. The van der Waals surface area contributed by atoms with Crippen molar-refractivity contribution in [2.24, 2.45) is 0 Å². The van der Waals surface area contributed by atoms with Crippen molar-refractivity contribution in [3.63, 3.8) is 0 Å². The summed E-state index contributed by atoms with van der Waals surface area (Å²) in [6.07, 6.45) is 3.17. The van der Waals surface area contributed by atoms with E-state index in [1.54, 1.807) is 12.3 Å². The molecule has 0 N–H and O–H groups in total. The van der Waals surface area contributed by atoms with E-state index in [0.717, 1.165) is 11.1 Å². The molecule has 1 saturated heterocycles. The minimum Gasteiger partial charge on any atom is -0.366 e. The molecule has 0 atom stereocenters. The molecule has 4 rings (SSSR count). The molecule has 9 heteroatoms. The van der Waals surface area contributed by atoms with Gasteiger partial charge in [0.05, 0.1) is 18.4 Å². The highest BCUT2D eigenvalue weighted by atomic mass is 35.5. The summed E-state index contributed by atoms with van der Waals surface area (Å²) in [5.74, 6) is 0. The third-order valence-electron chi connectivity index (χ3n) is 5.31. The van der Waals surface area contributed by atoms with Crippen LogP contribution in [0.4, 0.5) is 5.69 Å². The third-order valence-corrected chi connectivity index (χ3v) is 7.23. The molecule has 7 nitrogen and oxygen atoms in total. The lowest BCUT2D eigenvalue weighted by Crippen LogP contribution is -2.48. The molecule has 0 aliphatic carbocycles. The first-order chi connectivity index (χ1) is 15.4. The van der Waals surface area contributed by atoms with Crippen molar-refractivity contribution in [2.45, 2.75) is 6.54 Å². The molecule has 2 heterocycles. The summed E-state index contributed by atoms with van der Waals surface area (Å²) in [4.78, 5) is 14.6. The third kappa shape index (κ3) is 5.09. The normalized spacial score (nSPS) is 15.3. The Hall–Kier alpha value is -2.94. The summed E-state index contributed by atoms with van der Waals surface area (Å²) in [6, 6.07) is 18.8. The van der Waals surface area contributed by atoms with Gasteiger partial charge < -0.3 is 4.90 Å². The van der Waals surface area contributed by atoms with Gasteiger partial charge in [0.2, 0.25) is 10.0 Å². The number of hydrogen-bond acceptors (Lipinski definition) is 5. The predicted octanol–water partition coefficient (Wildman–Crippen LogP) is 3.07. The van der Waals surface area contributed by atoms with E-state index in [4.69, 9.17) is 11.6 Å². The van der Waals surface area contributed by atoms with Gasteiger partial charge in [-0.05, 0) is 17.2 Å². The first kappa shape index (κ1) is 22.3. The highest BCUT2D eigenvalue weighted by molar-refractivity contribution is 7.92. The highest BCUT2D eigenvalue weighted by Crippen LogP contribution is 2.23. The summed E-state index contributed by atoms with van der Waals surface area (Å²) in [5, 5.41) is 5.60. The molecule has 0 unspecified atom stereocenters. The van der Waals surface area contributed by atoms with Crippen molar-refractivity contribution < 1.29 is 8.42 Å². The maximum Gasteiger partial charge on any atom is 0.287 e. The van der Waals surface area contributed by atoms with Gasteiger partial charge >= 0.3 is 0 Å². The lowest BCUT2D eigenvalue weighted by Gasteiger charge is -2.34. The molecule has 2 aromatic carbocycles. The number of halogens is 1. The molecule has 1 aliphatic heterocycles. The monoisotopic (exact) mass is 470 g/mol. The van der Waals surface area contributed by atoms with Crippen molar-refractivity contribution in [2.75, 3.05) is 31.1 Å². The Balaban J connectivity index is 1.43. The molecule has 0 radical (unpaired) electrons. The summed E-state index contributed by atoms with van der Waals surface area (Å²) in [5.41, 5.74) is 1.93. The molecular formula is C23H23ClN4O3S. The van der Waals surface area contributed by atoms with Crippen molar-refractivity contribution in [3.8, 4) is 0 Å². The maximum atomic E-state index is 12.7. The molecule has 1 fully saturated rings. The second kappa shape index (κ2) is 9.68. The number of nitrogens with zero attached hydrogens (tertiary/aromatic N) is 4. The van der Waals surface area contributed by atoms with Crippen LogP contribution in [0, 0.1) is 0 Å². The Labute approximate surface area is 192 Å². The fraction of sp³-hybridized carbons (Fsp3) is 0.217. The van der Waals surface area contributed by atoms with Gasteiger partial charge in [-0.2, -0.15) is 9.40 Å². The zero-order valence-corrected chi connectivity index (χ0v) is 18.9. The summed E-state index contributed by atoms with van der Waals surface area (Å²) in [6.45, 7) is 1.76. The van der Waals surface area contributed by atoms with E-state index in [2.05, 4.69) is 5.10 Å². The van der Waals surface area contributed by atoms with Crippen LogP contribution >= 0.6 is 11.6 Å². The van der Waals surface area contributed by atoms with Crippen LogP contribution in [-0.4, -0.2) is 48.7 Å². The zero-order chi connectivity index (χ0) is 22.6. The Morgan fingerprint density at radius 3 is 2.22 bits per heavy atom. The Bertz CT molecular complexity index is 1250. The molecule has 0 spiro atoms. The van der Waals surface area contributed by atoms with Crippen molar-refractivity contribution in [1.82, 2.24) is 14.1 Å². The van der Waals surface area contributed by atoms with Crippen LogP contribution in [0.25, 0.3) is 6.08 Å². The number of hydrogen-bond donors (Lipinski definition) is 0. The van der Waals surface area contributed by atoms with E-state index >= 15 is 0 Å². The smallest absolute Gasteiger partial charge is 0.287 e. The van der Waals surface area contributed by atoms with Crippen molar-refractivity contribution in [1.29, 1.82) is 0 Å². The van der Waals surface area contributed by atoms with Crippen molar-refractivity contribution >= 4 is 33.4 Å². The molecule has 0 bridgehead atoms. The van der Waals surface area contributed by atoms with Gasteiger partial charge in [-0.3, -0.25) is 4.79 Å². The van der Waals surface area contributed by atoms with E-state index in [1.807, 2.05) is 65.6 Å². The Morgan fingerprint density at radius 1 is 0.938 bits per heavy atom. The average Bonchev–Trinajstić information content (AvgIpc) is 2.82. The topological polar surface area (TPSA) is 75.5 Å². The molecule has 32 heavy (non-hydrogen) atoms. The van der Waals surface area contributed by atoms with E-state index < -0.39 is 10.0 Å². The van der Waals surface area contributed by atoms with E-state index in [1.165, 1.54) is 14.4 Å². The van der Waals surface area contributed by atoms with Crippen LogP contribution in [0.5, 0.6) is 0 Å². The number of benzene rings is 2. The quantitative estimate of drug-likeness (QED) is 0.553. The molecule has 0 amide bonds. The number of anilines is 1. The van der Waals surface area contributed by atoms with Crippen LogP contribution in [0.1, 0.15) is 11.1 Å². The van der Waals surface area contributed by atoms with E-state index in [9.17, 15) is 13.2 Å². The summed E-state index contributed by atoms with van der Waals surface area (Å²) < 4.78 is 28.1. The molecule has 0 saturated carbocycles. The maximum absolute atomic E-state index is 12.7. The zero-order valence-electron chi connectivity index (χ0n) is 17.3. The first-order valence-corrected chi connectivity index (χ1v) is 12.1.